The predicted octanol–water partition coefficient (Wildman–Crippen LogP) is 3.43. The normalized spacial score (nSPS) is 10.5. The summed E-state index contributed by atoms with van der Waals surface area (Å²) in [7, 11) is 4.06. The topological polar surface area (TPSA) is 54.5 Å². The zero-order valence-electron chi connectivity index (χ0n) is 14.4. The van der Waals surface area contributed by atoms with E-state index in [0.717, 1.165) is 29.8 Å². The Labute approximate surface area is 139 Å². The molecule has 0 spiro atoms. The summed E-state index contributed by atoms with van der Waals surface area (Å²) in [6, 6.07) is 2.04. The fraction of sp³-hybridized carbons (Fsp3) is 0.625. The minimum atomic E-state index is -0.438. The zero-order chi connectivity index (χ0) is 16.0. The molecule has 0 fully saturated rings. The molecule has 1 heterocycles. The van der Waals surface area contributed by atoms with Crippen molar-refractivity contribution in [1.82, 2.24) is 9.88 Å². The maximum atomic E-state index is 11.8. The number of carbonyl (C=O) groups excluding carboxylic acids is 1. The van der Waals surface area contributed by atoms with Crippen molar-refractivity contribution >= 4 is 24.3 Å². The summed E-state index contributed by atoms with van der Waals surface area (Å²) in [5.41, 5.74) is 3.10. The Morgan fingerprint density at radius 3 is 2.55 bits per heavy atom. The van der Waals surface area contributed by atoms with Crippen molar-refractivity contribution in [3.8, 4) is 0 Å². The van der Waals surface area contributed by atoms with Gasteiger partial charge in [-0.3, -0.25) is 5.32 Å². The lowest BCUT2D eigenvalue weighted by Crippen LogP contribution is -2.21. The third-order valence-electron chi connectivity index (χ3n) is 3.05. The van der Waals surface area contributed by atoms with Crippen LogP contribution in [-0.4, -0.2) is 43.2 Å². The van der Waals surface area contributed by atoms with Crippen LogP contribution in [0.1, 0.15) is 30.7 Å². The van der Waals surface area contributed by atoms with E-state index in [1.54, 1.807) is 0 Å². The average Bonchev–Trinajstić information content (AvgIpc) is 2.34. The number of nitrogens with zero attached hydrogens (tertiary/aromatic N) is 2. The van der Waals surface area contributed by atoms with Gasteiger partial charge in [0.15, 0.2) is 0 Å². The lowest BCUT2D eigenvalue weighted by molar-refractivity contribution is 0.147. The standard InChI is InChI=1S/C16H27N3O2.ClH/c1-11(2)10-21-16(20)18-15-14(7-8-19(5)6)12(3)9-13(4)17-15;/h9,11H,7-8,10H2,1-6H3,(H,17,18,20);1H. The first-order valence-electron chi connectivity index (χ1n) is 7.35. The number of ether oxygens (including phenoxy) is 1. The number of hydrogen-bond donors (Lipinski definition) is 1. The molecule has 22 heavy (non-hydrogen) atoms. The van der Waals surface area contributed by atoms with E-state index in [0.29, 0.717) is 18.3 Å². The fourth-order valence-corrected chi connectivity index (χ4v) is 1.99. The van der Waals surface area contributed by atoms with E-state index in [9.17, 15) is 4.79 Å². The summed E-state index contributed by atoms with van der Waals surface area (Å²) in [5, 5.41) is 2.78. The van der Waals surface area contributed by atoms with Gasteiger partial charge >= 0.3 is 6.09 Å². The van der Waals surface area contributed by atoms with Crippen LogP contribution in [0.2, 0.25) is 0 Å². The van der Waals surface area contributed by atoms with Crippen molar-refractivity contribution in [2.24, 2.45) is 5.92 Å². The Morgan fingerprint density at radius 1 is 1.36 bits per heavy atom. The van der Waals surface area contributed by atoms with Crippen LogP contribution >= 0.6 is 12.4 Å². The smallest absolute Gasteiger partial charge is 0.412 e. The summed E-state index contributed by atoms with van der Waals surface area (Å²) in [4.78, 5) is 18.4. The summed E-state index contributed by atoms with van der Waals surface area (Å²) < 4.78 is 5.17. The first kappa shape index (κ1) is 20.7. The molecule has 0 saturated carbocycles. The number of anilines is 1. The van der Waals surface area contributed by atoms with Gasteiger partial charge in [-0.15, -0.1) is 12.4 Å². The molecule has 0 unspecified atom stereocenters. The van der Waals surface area contributed by atoms with Gasteiger partial charge < -0.3 is 9.64 Å². The molecule has 0 aliphatic heterocycles. The molecule has 1 aromatic rings. The number of nitrogens with one attached hydrogen (secondary N) is 1. The van der Waals surface area contributed by atoms with Crippen molar-refractivity contribution in [2.45, 2.75) is 34.1 Å². The highest BCUT2D eigenvalue weighted by molar-refractivity contribution is 5.85. The number of pyridine rings is 1. The van der Waals surface area contributed by atoms with Gasteiger partial charge in [0.05, 0.1) is 6.61 Å². The molecular weight excluding hydrogens is 302 g/mol. The van der Waals surface area contributed by atoms with Gasteiger partial charge in [-0.25, -0.2) is 9.78 Å². The van der Waals surface area contributed by atoms with Crippen molar-refractivity contribution in [3.63, 3.8) is 0 Å². The molecule has 0 aromatic carbocycles. The monoisotopic (exact) mass is 329 g/mol. The maximum Gasteiger partial charge on any atom is 0.412 e. The molecule has 1 amide bonds. The van der Waals surface area contributed by atoms with Gasteiger partial charge in [0.2, 0.25) is 0 Å². The molecule has 0 aliphatic rings. The molecule has 6 heteroatoms. The van der Waals surface area contributed by atoms with Crippen LogP contribution in [0.5, 0.6) is 0 Å². The largest absolute Gasteiger partial charge is 0.449 e. The number of aryl methyl sites for hydroxylation is 2. The molecule has 0 bridgehead atoms. The lowest BCUT2D eigenvalue weighted by atomic mass is 10.1. The van der Waals surface area contributed by atoms with Gasteiger partial charge in [0.1, 0.15) is 5.82 Å². The minimum absolute atomic E-state index is 0. The van der Waals surface area contributed by atoms with Crippen LogP contribution in [0.4, 0.5) is 10.6 Å². The number of amides is 1. The van der Waals surface area contributed by atoms with Crippen LogP contribution in [0, 0.1) is 19.8 Å². The number of carbonyl (C=O) groups is 1. The van der Waals surface area contributed by atoms with Gasteiger partial charge in [-0.1, -0.05) is 13.8 Å². The van der Waals surface area contributed by atoms with Crippen molar-refractivity contribution in [3.05, 3.63) is 22.9 Å². The molecule has 1 N–H and O–H groups in total. The van der Waals surface area contributed by atoms with Crippen LogP contribution < -0.4 is 5.32 Å². The molecular formula is C16H28ClN3O2. The molecule has 1 rings (SSSR count). The number of rotatable bonds is 6. The van der Waals surface area contributed by atoms with Gasteiger partial charge in [0.25, 0.3) is 0 Å². The van der Waals surface area contributed by atoms with Crippen LogP contribution in [0.25, 0.3) is 0 Å². The van der Waals surface area contributed by atoms with E-state index < -0.39 is 6.09 Å². The number of likely N-dealkylation sites (N-methyl/N-ethyl adjacent to an activating group) is 1. The van der Waals surface area contributed by atoms with Gasteiger partial charge in [0, 0.05) is 12.2 Å². The second kappa shape index (κ2) is 9.64. The fourth-order valence-electron chi connectivity index (χ4n) is 1.99. The SMILES string of the molecule is Cc1cc(C)c(CCN(C)C)c(NC(=O)OCC(C)C)n1.Cl. The molecule has 0 radical (unpaired) electrons. The Kier molecular flexibility index (Phi) is 9.06. The van der Waals surface area contributed by atoms with Gasteiger partial charge in [-0.05, 0) is 57.5 Å². The zero-order valence-corrected chi connectivity index (χ0v) is 15.2. The first-order chi connectivity index (χ1) is 9.79. The van der Waals surface area contributed by atoms with E-state index in [1.165, 1.54) is 0 Å². The highest BCUT2D eigenvalue weighted by atomic mass is 35.5. The summed E-state index contributed by atoms with van der Waals surface area (Å²) >= 11 is 0. The predicted molar refractivity (Wildman–Crippen MR) is 93.0 cm³/mol. The van der Waals surface area contributed by atoms with Crippen LogP contribution in [-0.2, 0) is 11.2 Å². The third-order valence-corrected chi connectivity index (χ3v) is 3.05. The molecule has 5 nitrogen and oxygen atoms in total. The van der Waals surface area contributed by atoms with E-state index in [2.05, 4.69) is 15.2 Å². The molecule has 0 aliphatic carbocycles. The van der Waals surface area contributed by atoms with Crippen molar-refractivity contribution < 1.29 is 9.53 Å². The summed E-state index contributed by atoms with van der Waals surface area (Å²) in [6.07, 6.45) is 0.402. The Morgan fingerprint density at radius 2 is 2.00 bits per heavy atom. The average molecular weight is 330 g/mol. The number of aromatic nitrogens is 1. The highest BCUT2D eigenvalue weighted by Gasteiger charge is 2.13. The number of halogens is 1. The second-order valence-corrected chi connectivity index (χ2v) is 6.08. The molecule has 0 atom stereocenters. The van der Waals surface area contributed by atoms with E-state index >= 15 is 0 Å². The van der Waals surface area contributed by atoms with E-state index in [4.69, 9.17) is 4.74 Å². The quantitative estimate of drug-likeness (QED) is 0.868. The Hall–Kier alpha value is -1.33. The Balaban J connectivity index is 0.00000441. The first-order valence-corrected chi connectivity index (χ1v) is 7.35. The van der Waals surface area contributed by atoms with E-state index in [-0.39, 0.29) is 12.4 Å². The maximum absolute atomic E-state index is 11.8. The molecule has 0 saturated heterocycles. The second-order valence-electron chi connectivity index (χ2n) is 6.08. The Bertz CT molecular complexity index is 491. The third kappa shape index (κ3) is 7.09. The summed E-state index contributed by atoms with van der Waals surface area (Å²) in [5.74, 6) is 0.930. The molecule has 1 aromatic heterocycles. The summed E-state index contributed by atoms with van der Waals surface area (Å²) in [6.45, 7) is 9.29. The van der Waals surface area contributed by atoms with Gasteiger partial charge in [-0.2, -0.15) is 0 Å². The van der Waals surface area contributed by atoms with Crippen molar-refractivity contribution in [1.29, 1.82) is 0 Å². The number of hydrogen-bond acceptors (Lipinski definition) is 4. The van der Waals surface area contributed by atoms with Crippen molar-refractivity contribution in [2.75, 3.05) is 32.6 Å². The lowest BCUT2D eigenvalue weighted by Gasteiger charge is -2.16. The minimum Gasteiger partial charge on any atom is -0.449 e. The van der Waals surface area contributed by atoms with Crippen LogP contribution in [0.15, 0.2) is 6.07 Å². The van der Waals surface area contributed by atoms with Crippen LogP contribution in [0.3, 0.4) is 0 Å². The molecule has 126 valence electrons. The highest BCUT2D eigenvalue weighted by Crippen LogP contribution is 2.20. The van der Waals surface area contributed by atoms with E-state index in [1.807, 2.05) is 47.9 Å².